The molecule has 0 aliphatic rings. The maximum absolute atomic E-state index is 3.93. The summed E-state index contributed by atoms with van der Waals surface area (Å²) in [6.07, 6.45) is 5.90. The third-order valence-corrected chi connectivity index (χ3v) is 3.10. The predicted molar refractivity (Wildman–Crippen MR) is 72.8 cm³/mol. The van der Waals surface area contributed by atoms with Gasteiger partial charge in [-0.1, -0.05) is 52.3 Å². The average Bonchev–Trinajstić information content (AvgIpc) is 2.27. The fourth-order valence-electron chi connectivity index (χ4n) is 2.14. The van der Waals surface area contributed by atoms with Crippen molar-refractivity contribution in [1.29, 1.82) is 0 Å². The normalized spacial score (nSPS) is 11.1. The smallest absolute Gasteiger partial charge is 0.0216 e. The first-order valence-corrected chi connectivity index (χ1v) is 6.60. The van der Waals surface area contributed by atoms with E-state index in [-0.39, 0.29) is 0 Å². The number of rotatable bonds is 6. The number of hydrogen-bond donors (Lipinski definition) is 0. The fraction of sp³-hybridized carbons (Fsp3) is 0.562. The van der Waals surface area contributed by atoms with E-state index in [1.165, 1.54) is 24.8 Å². The molecule has 0 amide bonds. The van der Waals surface area contributed by atoms with E-state index in [1.807, 2.05) is 0 Å². The Morgan fingerprint density at radius 1 is 1.19 bits per heavy atom. The molecule has 0 spiro atoms. The standard InChI is InChI=1S/C16H25/c1-5-7-9-15-11-10-14(8-6-2)12-16(15)13(3)4/h10-13H,2,5-9H2,1,3-4H3. The van der Waals surface area contributed by atoms with Crippen LogP contribution in [0.1, 0.15) is 62.6 Å². The predicted octanol–water partition coefficient (Wildman–Crippen LogP) is 4.92. The van der Waals surface area contributed by atoms with E-state index >= 15 is 0 Å². The summed E-state index contributed by atoms with van der Waals surface area (Å²) in [7, 11) is 0. The van der Waals surface area contributed by atoms with Gasteiger partial charge in [-0.3, -0.25) is 0 Å². The highest BCUT2D eigenvalue weighted by atomic mass is 14.1. The molecule has 16 heavy (non-hydrogen) atoms. The van der Waals surface area contributed by atoms with E-state index in [4.69, 9.17) is 0 Å². The van der Waals surface area contributed by atoms with Crippen LogP contribution in [-0.4, -0.2) is 0 Å². The van der Waals surface area contributed by atoms with E-state index < -0.39 is 0 Å². The van der Waals surface area contributed by atoms with Gasteiger partial charge in [-0.2, -0.15) is 0 Å². The second kappa shape index (κ2) is 6.73. The molecule has 1 radical (unpaired) electrons. The number of hydrogen-bond acceptors (Lipinski definition) is 0. The molecule has 0 nitrogen and oxygen atoms in total. The Bertz CT molecular complexity index is 310. The van der Waals surface area contributed by atoms with Gasteiger partial charge in [0.05, 0.1) is 0 Å². The molecular formula is C16H25. The molecule has 0 atom stereocenters. The lowest BCUT2D eigenvalue weighted by molar-refractivity contribution is 0.765. The van der Waals surface area contributed by atoms with Gasteiger partial charge in [-0.05, 0) is 48.3 Å². The van der Waals surface area contributed by atoms with Crippen LogP contribution in [0.25, 0.3) is 0 Å². The molecular weight excluding hydrogens is 192 g/mol. The van der Waals surface area contributed by atoms with E-state index in [1.54, 1.807) is 11.1 Å². The Morgan fingerprint density at radius 3 is 2.50 bits per heavy atom. The lowest BCUT2D eigenvalue weighted by Crippen LogP contribution is -1.98. The molecule has 0 aromatic heterocycles. The second-order valence-corrected chi connectivity index (χ2v) is 4.89. The molecule has 0 bridgehead atoms. The Balaban J connectivity index is 2.90. The molecule has 0 aliphatic carbocycles. The van der Waals surface area contributed by atoms with Crippen LogP contribution < -0.4 is 0 Å². The summed E-state index contributed by atoms with van der Waals surface area (Å²) in [4.78, 5) is 0. The zero-order chi connectivity index (χ0) is 12.0. The Kier molecular flexibility index (Phi) is 5.59. The van der Waals surface area contributed by atoms with E-state index in [2.05, 4.69) is 45.9 Å². The molecule has 0 fully saturated rings. The molecule has 89 valence electrons. The van der Waals surface area contributed by atoms with Crippen molar-refractivity contribution in [3.8, 4) is 0 Å². The van der Waals surface area contributed by atoms with E-state index in [9.17, 15) is 0 Å². The van der Waals surface area contributed by atoms with Gasteiger partial charge in [0, 0.05) is 0 Å². The van der Waals surface area contributed by atoms with Crippen molar-refractivity contribution in [3.63, 3.8) is 0 Å². The van der Waals surface area contributed by atoms with Gasteiger partial charge in [0.15, 0.2) is 0 Å². The minimum absolute atomic E-state index is 0.636. The van der Waals surface area contributed by atoms with E-state index in [0.717, 1.165) is 12.8 Å². The summed E-state index contributed by atoms with van der Waals surface area (Å²) >= 11 is 0. The Morgan fingerprint density at radius 2 is 1.94 bits per heavy atom. The lowest BCUT2D eigenvalue weighted by atomic mass is 9.91. The summed E-state index contributed by atoms with van der Waals surface area (Å²) in [6, 6.07) is 7.00. The minimum atomic E-state index is 0.636. The zero-order valence-electron chi connectivity index (χ0n) is 11.1. The van der Waals surface area contributed by atoms with Crippen LogP contribution in [-0.2, 0) is 12.8 Å². The van der Waals surface area contributed by atoms with Crippen LogP contribution >= 0.6 is 0 Å². The quantitative estimate of drug-likeness (QED) is 0.634. The minimum Gasteiger partial charge on any atom is -0.0654 e. The van der Waals surface area contributed by atoms with Gasteiger partial charge in [-0.15, -0.1) is 0 Å². The van der Waals surface area contributed by atoms with Crippen molar-refractivity contribution in [3.05, 3.63) is 41.8 Å². The van der Waals surface area contributed by atoms with Crippen molar-refractivity contribution in [1.82, 2.24) is 0 Å². The topological polar surface area (TPSA) is 0 Å². The molecule has 0 unspecified atom stereocenters. The van der Waals surface area contributed by atoms with Crippen molar-refractivity contribution >= 4 is 0 Å². The highest BCUT2D eigenvalue weighted by molar-refractivity contribution is 5.34. The molecule has 0 saturated carbocycles. The Hall–Kier alpha value is -0.780. The van der Waals surface area contributed by atoms with Crippen molar-refractivity contribution in [2.45, 2.75) is 58.8 Å². The van der Waals surface area contributed by atoms with Crippen LogP contribution in [0.3, 0.4) is 0 Å². The molecule has 1 aromatic rings. The van der Waals surface area contributed by atoms with Gasteiger partial charge in [-0.25, -0.2) is 0 Å². The summed E-state index contributed by atoms with van der Waals surface area (Å²) in [5.74, 6) is 0.636. The maximum atomic E-state index is 3.93. The van der Waals surface area contributed by atoms with Crippen LogP contribution in [0.5, 0.6) is 0 Å². The Labute approximate surface area is 101 Å². The van der Waals surface area contributed by atoms with Gasteiger partial charge >= 0.3 is 0 Å². The van der Waals surface area contributed by atoms with Crippen molar-refractivity contribution in [2.75, 3.05) is 0 Å². The maximum Gasteiger partial charge on any atom is -0.0216 e. The monoisotopic (exact) mass is 217 g/mol. The summed E-state index contributed by atoms with van der Waals surface area (Å²) in [5.41, 5.74) is 4.53. The first-order valence-electron chi connectivity index (χ1n) is 6.60. The molecule has 0 N–H and O–H groups in total. The molecule has 0 aliphatic heterocycles. The SMILES string of the molecule is [CH2]CCc1ccc(CCCC)c(C(C)C)c1. The second-order valence-electron chi connectivity index (χ2n) is 4.89. The third-order valence-electron chi connectivity index (χ3n) is 3.10. The average molecular weight is 217 g/mol. The van der Waals surface area contributed by atoms with Gasteiger partial charge in [0.2, 0.25) is 0 Å². The number of unbranched alkanes of at least 4 members (excludes halogenated alkanes) is 1. The molecule has 0 heteroatoms. The largest absolute Gasteiger partial charge is 0.0654 e. The van der Waals surface area contributed by atoms with Gasteiger partial charge in [0.1, 0.15) is 0 Å². The van der Waals surface area contributed by atoms with Crippen molar-refractivity contribution in [2.24, 2.45) is 0 Å². The lowest BCUT2D eigenvalue weighted by Gasteiger charge is -2.14. The van der Waals surface area contributed by atoms with Crippen LogP contribution in [0, 0.1) is 6.92 Å². The molecule has 0 heterocycles. The summed E-state index contributed by atoms with van der Waals surface area (Å²) in [5, 5.41) is 0. The number of aryl methyl sites for hydroxylation is 2. The van der Waals surface area contributed by atoms with Gasteiger partial charge < -0.3 is 0 Å². The van der Waals surface area contributed by atoms with E-state index in [0.29, 0.717) is 5.92 Å². The highest BCUT2D eigenvalue weighted by Crippen LogP contribution is 2.23. The summed E-state index contributed by atoms with van der Waals surface area (Å²) < 4.78 is 0. The van der Waals surface area contributed by atoms with Crippen molar-refractivity contribution < 1.29 is 0 Å². The molecule has 0 saturated heterocycles. The van der Waals surface area contributed by atoms with Crippen LogP contribution in [0.15, 0.2) is 18.2 Å². The fourth-order valence-corrected chi connectivity index (χ4v) is 2.14. The van der Waals surface area contributed by atoms with Crippen LogP contribution in [0.2, 0.25) is 0 Å². The first kappa shape index (κ1) is 13.3. The molecule has 1 rings (SSSR count). The third kappa shape index (κ3) is 3.66. The molecule has 1 aromatic carbocycles. The summed E-state index contributed by atoms with van der Waals surface area (Å²) in [6.45, 7) is 10.8. The number of benzene rings is 1. The highest BCUT2D eigenvalue weighted by Gasteiger charge is 2.07. The van der Waals surface area contributed by atoms with Crippen LogP contribution in [0.4, 0.5) is 0 Å². The first-order chi connectivity index (χ1) is 7.69. The van der Waals surface area contributed by atoms with Gasteiger partial charge in [0.25, 0.3) is 0 Å². The zero-order valence-corrected chi connectivity index (χ0v) is 11.1.